The second-order valence-corrected chi connectivity index (χ2v) is 4.10. The molecule has 0 aliphatic carbocycles. The van der Waals surface area contributed by atoms with Crippen molar-refractivity contribution in [1.29, 1.82) is 0 Å². The van der Waals surface area contributed by atoms with E-state index in [-0.39, 0.29) is 0 Å². The Balaban J connectivity index is 2.58. The smallest absolute Gasteiger partial charge is 0.0859 e. The van der Waals surface area contributed by atoms with Crippen LogP contribution < -0.4 is 5.73 Å². The summed E-state index contributed by atoms with van der Waals surface area (Å²) < 4.78 is 0. The fourth-order valence-corrected chi connectivity index (χ4v) is 1.90. The number of nitrogens with two attached hydrogens (primary N) is 1. The van der Waals surface area contributed by atoms with E-state index in [0.29, 0.717) is 0 Å². The lowest BCUT2D eigenvalue weighted by Crippen LogP contribution is -1.89. The number of hydrogen-bond donors (Lipinski definition) is 1. The van der Waals surface area contributed by atoms with Crippen LogP contribution in [0.25, 0.3) is 0 Å². The molecule has 0 bridgehead atoms. The van der Waals surface area contributed by atoms with Crippen LogP contribution in [-0.4, -0.2) is 0 Å². The molecule has 1 rings (SSSR count). The molecule has 2 N–H and O–H groups in total. The molecule has 0 amide bonds. The van der Waals surface area contributed by atoms with Gasteiger partial charge in [0.2, 0.25) is 0 Å². The summed E-state index contributed by atoms with van der Waals surface area (Å²) in [5, 5.41) is 0.927. The minimum atomic E-state index is 0.734. The van der Waals surface area contributed by atoms with Gasteiger partial charge in [0.1, 0.15) is 0 Å². The molecular weight excluding hydrogens is 142 g/mol. The van der Waals surface area contributed by atoms with E-state index in [2.05, 4.69) is 19.9 Å². The second-order valence-electron chi connectivity index (χ2n) is 2.90. The van der Waals surface area contributed by atoms with Crippen LogP contribution in [0.15, 0.2) is 12.1 Å². The maximum absolute atomic E-state index is 5.57. The first-order valence-corrected chi connectivity index (χ1v) is 4.34. The van der Waals surface area contributed by atoms with Crippen LogP contribution in [0, 0.1) is 5.92 Å². The Kier molecular flexibility index (Phi) is 2.33. The summed E-state index contributed by atoms with van der Waals surface area (Å²) in [5.74, 6) is 0.734. The largest absolute Gasteiger partial charge is 0.391 e. The molecule has 0 saturated heterocycles. The fraction of sp³-hybridized carbons (Fsp3) is 0.500. The van der Waals surface area contributed by atoms with Crippen molar-refractivity contribution in [3.63, 3.8) is 0 Å². The Morgan fingerprint density at radius 2 is 2.20 bits per heavy atom. The van der Waals surface area contributed by atoms with E-state index < -0.39 is 0 Å². The number of anilines is 1. The zero-order chi connectivity index (χ0) is 7.56. The Labute approximate surface area is 65.9 Å². The van der Waals surface area contributed by atoms with Crippen LogP contribution in [-0.2, 0) is 6.42 Å². The third-order valence-corrected chi connectivity index (χ3v) is 2.23. The Bertz CT molecular complexity index is 203. The zero-order valence-electron chi connectivity index (χ0n) is 6.42. The molecule has 10 heavy (non-hydrogen) atoms. The Morgan fingerprint density at radius 1 is 1.50 bits per heavy atom. The number of nitrogen functional groups attached to an aromatic ring is 1. The molecule has 0 saturated carbocycles. The predicted molar refractivity (Wildman–Crippen MR) is 47.3 cm³/mol. The van der Waals surface area contributed by atoms with Crippen molar-refractivity contribution in [2.45, 2.75) is 20.3 Å². The van der Waals surface area contributed by atoms with Gasteiger partial charge in [-0.1, -0.05) is 13.8 Å². The van der Waals surface area contributed by atoms with E-state index in [9.17, 15) is 0 Å². The van der Waals surface area contributed by atoms with Crippen LogP contribution in [0.2, 0.25) is 0 Å². The second kappa shape index (κ2) is 3.06. The molecule has 1 aromatic heterocycles. The van der Waals surface area contributed by atoms with Crippen LogP contribution in [0.5, 0.6) is 0 Å². The summed E-state index contributed by atoms with van der Waals surface area (Å²) in [6.45, 7) is 4.44. The highest BCUT2D eigenvalue weighted by molar-refractivity contribution is 7.15. The van der Waals surface area contributed by atoms with Gasteiger partial charge in [-0.15, -0.1) is 11.3 Å². The lowest BCUT2D eigenvalue weighted by atomic mass is 10.1. The predicted octanol–water partition coefficient (Wildman–Crippen LogP) is 2.53. The minimum Gasteiger partial charge on any atom is -0.391 e. The molecule has 1 heterocycles. The van der Waals surface area contributed by atoms with E-state index >= 15 is 0 Å². The van der Waals surface area contributed by atoms with E-state index in [1.165, 1.54) is 4.88 Å². The molecule has 0 radical (unpaired) electrons. The van der Waals surface area contributed by atoms with Crippen LogP contribution in [0.1, 0.15) is 18.7 Å². The maximum Gasteiger partial charge on any atom is 0.0859 e. The molecule has 0 fully saturated rings. The van der Waals surface area contributed by atoms with Gasteiger partial charge in [-0.25, -0.2) is 0 Å². The molecule has 1 nitrogen and oxygen atoms in total. The fourth-order valence-electron chi connectivity index (χ4n) is 0.907. The van der Waals surface area contributed by atoms with Gasteiger partial charge >= 0.3 is 0 Å². The van der Waals surface area contributed by atoms with Crippen LogP contribution in [0.4, 0.5) is 5.00 Å². The monoisotopic (exact) mass is 155 g/mol. The molecular formula is C8H13NS. The average molecular weight is 155 g/mol. The molecule has 0 unspecified atom stereocenters. The molecule has 0 spiro atoms. The standard InChI is InChI=1S/C8H13NS/c1-6(2)5-7-3-4-8(9)10-7/h3-4,6H,5,9H2,1-2H3. The van der Waals surface area contributed by atoms with Gasteiger partial charge in [-0.2, -0.15) is 0 Å². The maximum atomic E-state index is 5.57. The van der Waals surface area contributed by atoms with Crippen molar-refractivity contribution in [1.82, 2.24) is 0 Å². The summed E-state index contributed by atoms with van der Waals surface area (Å²) >= 11 is 1.69. The SMILES string of the molecule is CC(C)Cc1ccc(N)s1. The highest BCUT2D eigenvalue weighted by Gasteiger charge is 1.99. The van der Waals surface area contributed by atoms with Crippen molar-refractivity contribution in [3.8, 4) is 0 Å². The van der Waals surface area contributed by atoms with Gasteiger partial charge in [-0.3, -0.25) is 0 Å². The van der Waals surface area contributed by atoms with Gasteiger partial charge in [0.25, 0.3) is 0 Å². The normalized spacial score (nSPS) is 10.7. The summed E-state index contributed by atoms with van der Waals surface area (Å²) in [4.78, 5) is 1.40. The van der Waals surface area contributed by atoms with Crippen molar-refractivity contribution >= 4 is 16.3 Å². The van der Waals surface area contributed by atoms with Gasteiger partial charge in [0.05, 0.1) is 5.00 Å². The van der Waals surface area contributed by atoms with Crippen molar-refractivity contribution < 1.29 is 0 Å². The molecule has 1 aromatic rings. The third kappa shape index (κ3) is 2.03. The summed E-state index contributed by atoms with van der Waals surface area (Å²) in [5.41, 5.74) is 5.57. The van der Waals surface area contributed by atoms with E-state index in [0.717, 1.165) is 17.3 Å². The van der Waals surface area contributed by atoms with Crippen LogP contribution >= 0.6 is 11.3 Å². The Morgan fingerprint density at radius 3 is 2.60 bits per heavy atom. The summed E-state index contributed by atoms with van der Waals surface area (Å²) in [6, 6.07) is 4.09. The van der Waals surface area contributed by atoms with E-state index in [4.69, 9.17) is 5.73 Å². The highest BCUT2D eigenvalue weighted by Crippen LogP contribution is 2.20. The molecule has 2 heteroatoms. The zero-order valence-corrected chi connectivity index (χ0v) is 7.24. The lowest BCUT2D eigenvalue weighted by molar-refractivity contribution is 0.654. The molecule has 56 valence electrons. The highest BCUT2D eigenvalue weighted by atomic mass is 32.1. The summed E-state index contributed by atoms with van der Waals surface area (Å²) in [6.07, 6.45) is 1.15. The topological polar surface area (TPSA) is 26.0 Å². The number of hydrogen-bond acceptors (Lipinski definition) is 2. The van der Waals surface area contributed by atoms with Gasteiger partial charge < -0.3 is 5.73 Å². The van der Waals surface area contributed by atoms with Crippen molar-refractivity contribution in [2.75, 3.05) is 5.73 Å². The first-order valence-electron chi connectivity index (χ1n) is 3.52. The van der Waals surface area contributed by atoms with Crippen LogP contribution in [0.3, 0.4) is 0 Å². The average Bonchev–Trinajstić information content (AvgIpc) is 2.13. The summed E-state index contributed by atoms with van der Waals surface area (Å²) in [7, 11) is 0. The molecule has 0 aromatic carbocycles. The van der Waals surface area contributed by atoms with Gasteiger partial charge in [0, 0.05) is 4.88 Å². The third-order valence-electron chi connectivity index (χ3n) is 1.29. The van der Waals surface area contributed by atoms with Gasteiger partial charge in [-0.05, 0) is 24.5 Å². The Hall–Kier alpha value is -0.500. The first-order chi connectivity index (χ1) is 4.68. The van der Waals surface area contributed by atoms with Gasteiger partial charge in [0.15, 0.2) is 0 Å². The van der Waals surface area contributed by atoms with Crippen molar-refractivity contribution in [3.05, 3.63) is 17.0 Å². The van der Waals surface area contributed by atoms with E-state index in [1.807, 2.05) is 6.07 Å². The van der Waals surface area contributed by atoms with E-state index in [1.54, 1.807) is 11.3 Å². The lowest BCUT2D eigenvalue weighted by Gasteiger charge is -1.98. The number of thiophene rings is 1. The molecule has 0 aliphatic rings. The molecule has 0 aliphatic heterocycles. The minimum absolute atomic E-state index is 0.734. The first kappa shape index (κ1) is 7.61. The van der Waals surface area contributed by atoms with Crippen molar-refractivity contribution in [2.24, 2.45) is 5.92 Å². The molecule has 0 atom stereocenters. The number of rotatable bonds is 2. The quantitative estimate of drug-likeness (QED) is 0.697.